The SMILES string of the molecule is COc1ccccc1CC(=O)N1CCC(NC(=O)CCc2ccc3ccccc3c2)CC1. The Morgan fingerprint density at radius 3 is 2.47 bits per heavy atom. The molecule has 1 N–H and O–H groups in total. The molecule has 1 aliphatic rings. The maximum Gasteiger partial charge on any atom is 0.227 e. The van der Waals surface area contributed by atoms with Gasteiger partial charge in [-0.05, 0) is 41.7 Å². The van der Waals surface area contributed by atoms with Crippen LogP contribution in [0.1, 0.15) is 30.4 Å². The lowest BCUT2D eigenvalue weighted by Crippen LogP contribution is -2.47. The number of ether oxygens (including phenoxy) is 1. The van der Waals surface area contributed by atoms with Crippen molar-refractivity contribution in [3.05, 3.63) is 77.9 Å². The summed E-state index contributed by atoms with van der Waals surface area (Å²) in [4.78, 5) is 27.1. The van der Waals surface area contributed by atoms with Crippen LogP contribution in [0.5, 0.6) is 5.75 Å². The Kier molecular flexibility index (Phi) is 7.05. The van der Waals surface area contributed by atoms with Gasteiger partial charge in [0.2, 0.25) is 11.8 Å². The second-order valence-electron chi connectivity index (χ2n) is 8.39. The number of methoxy groups -OCH3 is 1. The van der Waals surface area contributed by atoms with Crippen LogP contribution in [0, 0.1) is 0 Å². The molecule has 0 spiro atoms. The van der Waals surface area contributed by atoms with Crippen molar-refractivity contribution in [2.24, 2.45) is 0 Å². The van der Waals surface area contributed by atoms with Crippen LogP contribution in [0.4, 0.5) is 0 Å². The van der Waals surface area contributed by atoms with Gasteiger partial charge in [-0.15, -0.1) is 0 Å². The van der Waals surface area contributed by atoms with Crippen LogP contribution in [0.3, 0.4) is 0 Å². The number of nitrogens with zero attached hydrogens (tertiary/aromatic N) is 1. The lowest BCUT2D eigenvalue weighted by molar-refractivity contribution is -0.131. The number of piperidine rings is 1. The van der Waals surface area contributed by atoms with Crippen molar-refractivity contribution >= 4 is 22.6 Å². The molecule has 2 amide bonds. The topological polar surface area (TPSA) is 58.6 Å². The van der Waals surface area contributed by atoms with Crippen LogP contribution in [-0.2, 0) is 22.4 Å². The highest BCUT2D eigenvalue weighted by atomic mass is 16.5. The summed E-state index contributed by atoms with van der Waals surface area (Å²) in [5.41, 5.74) is 2.08. The Hall–Kier alpha value is -3.34. The van der Waals surface area contributed by atoms with Crippen molar-refractivity contribution in [2.45, 2.75) is 38.1 Å². The maximum absolute atomic E-state index is 12.7. The average Bonchev–Trinajstić information content (AvgIpc) is 2.83. The minimum Gasteiger partial charge on any atom is -0.496 e. The smallest absolute Gasteiger partial charge is 0.227 e. The summed E-state index contributed by atoms with van der Waals surface area (Å²) < 4.78 is 5.35. The zero-order chi connectivity index (χ0) is 22.3. The van der Waals surface area contributed by atoms with E-state index in [0.29, 0.717) is 25.9 Å². The monoisotopic (exact) mass is 430 g/mol. The van der Waals surface area contributed by atoms with E-state index in [2.05, 4.69) is 35.6 Å². The molecule has 1 heterocycles. The van der Waals surface area contributed by atoms with Gasteiger partial charge in [-0.2, -0.15) is 0 Å². The number of likely N-dealkylation sites (tertiary alicyclic amines) is 1. The van der Waals surface area contributed by atoms with Crippen LogP contribution >= 0.6 is 0 Å². The highest BCUT2D eigenvalue weighted by molar-refractivity contribution is 5.83. The van der Waals surface area contributed by atoms with E-state index < -0.39 is 0 Å². The Labute approximate surface area is 189 Å². The molecule has 0 aliphatic carbocycles. The van der Waals surface area contributed by atoms with Gasteiger partial charge < -0.3 is 15.0 Å². The van der Waals surface area contributed by atoms with Gasteiger partial charge in [-0.3, -0.25) is 9.59 Å². The first kappa shape index (κ1) is 21.9. The number of rotatable bonds is 7. The standard InChI is InChI=1S/C27H30N2O3/c1-32-25-9-5-4-8-23(25)19-27(31)29-16-14-24(15-17-29)28-26(30)13-11-20-10-12-21-6-2-3-7-22(21)18-20/h2-10,12,18,24H,11,13-17,19H2,1H3,(H,28,30). The van der Waals surface area contributed by atoms with Crippen molar-refractivity contribution in [2.75, 3.05) is 20.2 Å². The van der Waals surface area contributed by atoms with E-state index >= 15 is 0 Å². The van der Waals surface area contributed by atoms with Gasteiger partial charge in [0.05, 0.1) is 13.5 Å². The fraction of sp³-hybridized carbons (Fsp3) is 0.333. The molecule has 0 aromatic heterocycles. The second kappa shape index (κ2) is 10.3. The minimum atomic E-state index is 0.0805. The summed E-state index contributed by atoms with van der Waals surface area (Å²) in [6, 6.07) is 22.4. The Balaban J connectivity index is 1.22. The molecule has 0 unspecified atom stereocenters. The Morgan fingerprint density at radius 2 is 1.69 bits per heavy atom. The predicted molar refractivity (Wildman–Crippen MR) is 127 cm³/mol. The van der Waals surface area contributed by atoms with Gasteiger partial charge in [-0.25, -0.2) is 0 Å². The quantitative estimate of drug-likeness (QED) is 0.613. The predicted octanol–water partition coefficient (Wildman–Crippen LogP) is 4.13. The normalized spacial score (nSPS) is 14.3. The highest BCUT2D eigenvalue weighted by Crippen LogP contribution is 2.20. The van der Waals surface area contributed by atoms with E-state index in [-0.39, 0.29) is 17.9 Å². The number of amides is 2. The number of para-hydroxylation sites is 1. The largest absolute Gasteiger partial charge is 0.496 e. The number of benzene rings is 3. The van der Waals surface area contributed by atoms with Crippen LogP contribution in [0.15, 0.2) is 66.7 Å². The first-order valence-corrected chi connectivity index (χ1v) is 11.3. The van der Waals surface area contributed by atoms with E-state index in [0.717, 1.165) is 30.6 Å². The molecular formula is C27H30N2O3. The molecule has 0 radical (unpaired) electrons. The second-order valence-corrected chi connectivity index (χ2v) is 8.39. The van der Waals surface area contributed by atoms with Crippen molar-refractivity contribution in [3.8, 4) is 5.75 Å². The van der Waals surface area contributed by atoms with E-state index in [1.807, 2.05) is 41.3 Å². The van der Waals surface area contributed by atoms with Crippen LogP contribution in [0.2, 0.25) is 0 Å². The summed E-state index contributed by atoms with van der Waals surface area (Å²) in [6.45, 7) is 1.34. The van der Waals surface area contributed by atoms with E-state index in [1.54, 1.807) is 7.11 Å². The minimum absolute atomic E-state index is 0.0805. The summed E-state index contributed by atoms with van der Waals surface area (Å²) in [5.74, 6) is 0.932. The summed E-state index contributed by atoms with van der Waals surface area (Å²) in [5, 5.41) is 5.58. The molecule has 0 atom stereocenters. The molecule has 166 valence electrons. The Morgan fingerprint density at radius 1 is 0.969 bits per heavy atom. The molecule has 5 heteroatoms. The zero-order valence-corrected chi connectivity index (χ0v) is 18.5. The van der Waals surface area contributed by atoms with E-state index in [9.17, 15) is 9.59 Å². The third-order valence-electron chi connectivity index (χ3n) is 6.20. The lowest BCUT2D eigenvalue weighted by atomic mass is 10.0. The number of carbonyl (C=O) groups excluding carboxylic acids is 2. The number of carbonyl (C=O) groups is 2. The maximum atomic E-state index is 12.7. The molecule has 3 aromatic carbocycles. The molecule has 1 saturated heterocycles. The van der Waals surface area contributed by atoms with Gasteiger partial charge in [0.15, 0.2) is 0 Å². The molecule has 0 saturated carbocycles. The van der Waals surface area contributed by atoms with Gasteiger partial charge in [0.25, 0.3) is 0 Å². The molecule has 1 aliphatic heterocycles. The number of fused-ring (bicyclic) bond motifs is 1. The van der Waals surface area contributed by atoms with Crippen LogP contribution in [0.25, 0.3) is 10.8 Å². The third-order valence-corrected chi connectivity index (χ3v) is 6.20. The number of hydrogen-bond acceptors (Lipinski definition) is 3. The lowest BCUT2D eigenvalue weighted by Gasteiger charge is -2.32. The van der Waals surface area contributed by atoms with Gasteiger partial charge in [-0.1, -0.05) is 60.7 Å². The van der Waals surface area contributed by atoms with E-state index in [1.165, 1.54) is 16.3 Å². The first-order chi connectivity index (χ1) is 15.6. The molecular weight excluding hydrogens is 400 g/mol. The highest BCUT2D eigenvalue weighted by Gasteiger charge is 2.24. The average molecular weight is 431 g/mol. The van der Waals surface area contributed by atoms with Crippen LogP contribution in [-0.4, -0.2) is 43.0 Å². The summed E-state index contributed by atoms with van der Waals surface area (Å²) in [6.07, 6.45) is 3.13. The zero-order valence-electron chi connectivity index (χ0n) is 18.5. The Bertz CT molecular complexity index is 1090. The number of nitrogens with one attached hydrogen (secondary N) is 1. The molecule has 3 aromatic rings. The van der Waals surface area contributed by atoms with Gasteiger partial charge in [0, 0.05) is 31.1 Å². The number of aryl methyl sites for hydroxylation is 1. The van der Waals surface area contributed by atoms with E-state index in [4.69, 9.17) is 4.74 Å². The van der Waals surface area contributed by atoms with Gasteiger partial charge in [0.1, 0.15) is 5.75 Å². The fourth-order valence-corrected chi connectivity index (χ4v) is 4.35. The van der Waals surface area contributed by atoms with Crippen molar-refractivity contribution in [1.82, 2.24) is 10.2 Å². The van der Waals surface area contributed by atoms with Gasteiger partial charge >= 0.3 is 0 Å². The first-order valence-electron chi connectivity index (χ1n) is 11.3. The molecule has 32 heavy (non-hydrogen) atoms. The summed E-state index contributed by atoms with van der Waals surface area (Å²) in [7, 11) is 1.62. The molecule has 4 rings (SSSR count). The van der Waals surface area contributed by atoms with Crippen LogP contribution < -0.4 is 10.1 Å². The fourth-order valence-electron chi connectivity index (χ4n) is 4.35. The molecule has 0 bridgehead atoms. The third kappa shape index (κ3) is 5.47. The molecule has 1 fully saturated rings. The molecule has 5 nitrogen and oxygen atoms in total. The van der Waals surface area contributed by atoms with Crippen molar-refractivity contribution < 1.29 is 14.3 Å². The number of hydrogen-bond donors (Lipinski definition) is 1. The van der Waals surface area contributed by atoms with Crippen molar-refractivity contribution in [1.29, 1.82) is 0 Å². The van der Waals surface area contributed by atoms with Crippen molar-refractivity contribution in [3.63, 3.8) is 0 Å². The summed E-state index contributed by atoms with van der Waals surface area (Å²) >= 11 is 0.